The molecule has 3 aromatic rings. The zero-order chi connectivity index (χ0) is 25.4. The molecule has 1 aromatic carbocycles. The van der Waals surface area contributed by atoms with Crippen LogP contribution in [0.3, 0.4) is 0 Å². The second kappa shape index (κ2) is 9.58. The van der Waals surface area contributed by atoms with Gasteiger partial charge in [-0.15, -0.1) is 0 Å². The highest BCUT2D eigenvalue weighted by Crippen LogP contribution is 2.42. The first-order chi connectivity index (χ1) is 17.4. The average Bonchev–Trinajstić information content (AvgIpc) is 3.48. The SMILES string of the molecule is CCNCCC#Cc1c2c(nc3cc4c(cc13)OCO4)-c1cc([C@@](C)(O)CC)c(COC)c(=O)n1C2. The highest BCUT2D eigenvalue weighted by atomic mass is 16.7. The number of aromatic nitrogens is 2. The van der Waals surface area contributed by atoms with E-state index < -0.39 is 5.60 Å². The lowest BCUT2D eigenvalue weighted by Crippen LogP contribution is -2.31. The van der Waals surface area contributed by atoms with Gasteiger partial charge < -0.3 is 29.2 Å². The number of fused-ring (bicyclic) bond motifs is 5. The van der Waals surface area contributed by atoms with E-state index >= 15 is 0 Å². The number of benzene rings is 1. The lowest BCUT2D eigenvalue weighted by Gasteiger charge is -2.25. The van der Waals surface area contributed by atoms with Crippen molar-refractivity contribution in [2.24, 2.45) is 0 Å². The van der Waals surface area contributed by atoms with E-state index in [0.717, 1.165) is 35.1 Å². The number of nitrogens with one attached hydrogen (secondary N) is 1. The molecule has 0 saturated carbocycles. The number of nitrogens with zero attached hydrogens (tertiary/aromatic N) is 2. The maximum atomic E-state index is 13.7. The highest BCUT2D eigenvalue weighted by Gasteiger charge is 2.33. The third kappa shape index (κ3) is 4.03. The van der Waals surface area contributed by atoms with Gasteiger partial charge in [0.15, 0.2) is 11.5 Å². The van der Waals surface area contributed by atoms with Crippen molar-refractivity contribution in [3.05, 3.63) is 50.8 Å². The van der Waals surface area contributed by atoms with E-state index in [9.17, 15) is 9.90 Å². The molecule has 0 saturated heterocycles. The Bertz CT molecular complexity index is 1460. The quantitative estimate of drug-likeness (QED) is 0.304. The Kier molecular flexibility index (Phi) is 6.47. The summed E-state index contributed by atoms with van der Waals surface area (Å²) < 4.78 is 18.3. The fourth-order valence-electron chi connectivity index (χ4n) is 4.84. The lowest BCUT2D eigenvalue weighted by molar-refractivity contribution is 0.0495. The third-order valence-electron chi connectivity index (χ3n) is 6.99. The number of hydrogen-bond acceptors (Lipinski definition) is 7. The van der Waals surface area contributed by atoms with Gasteiger partial charge in [-0.05, 0) is 37.6 Å². The Balaban J connectivity index is 1.75. The van der Waals surface area contributed by atoms with Crippen molar-refractivity contribution in [3.8, 4) is 34.7 Å². The topological polar surface area (TPSA) is 94.8 Å². The molecule has 0 radical (unpaired) electrons. The van der Waals surface area contributed by atoms with Gasteiger partial charge in [-0.2, -0.15) is 0 Å². The summed E-state index contributed by atoms with van der Waals surface area (Å²) in [6.07, 6.45) is 1.15. The fourth-order valence-corrected chi connectivity index (χ4v) is 4.84. The molecular weight excluding hydrogens is 458 g/mol. The predicted molar refractivity (Wildman–Crippen MR) is 137 cm³/mol. The Morgan fingerprint density at radius 1 is 1.25 bits per heavy atom. The van der Waals surface area contributed by atoms with E-state index in [2.05, 4.69) is 24.1 Å². The van der Waals surface area contributed by atoms with Crippen LogP contribution in [0.4, 0.5) is 0 Å². The van der Waals surface area contributed by atoms with Crippen molar-refractivity contribution in [2.45, 2.75) is 52.4 Å². The van der Waals surface area contributed by atoms with Gasteiger partial charge in [-0.3, -0.25) is 4.79 Å². The summed E-state index contributed by atoms with van der Waals surface area (Å²) >= 11 is 0. The van der Waals surface area contributed by atoms with Gasteiger partial charge in [0.25, 0.3) is 5.56 Å². The van der Waals surface area contributed by atoms with Gasteiger partial charge in [-0.25, -0.2) is 4.98 Å². The van der Waals surface area contributed by atoms with Crippen molar-refractivity contribution < 1.29 is 19.3 Å². The van der Waals surface area contributed by atoms with Crippen LogP contribution in [0.5, 0.6) is 11.5 Å². The molecule has 36 heavy (non-hydrogen) atoms. The molecule has 0 amide bonds. The molecule has 2 aliphatic heterocycles. The highest BCUT2D eigenvalue weighted by molar-refractivity contribution is 5.93. The first-order valence-corrected chi connectivity index (χ1v) is 12.3. The van der Waals surface area contributed by atoms with Gasteiger partial charge in [0.1, 0.15) is 0 Å². The fraction of sp³-hybridized carbons (Fsp3) is 0.429. The first kappa shape index (κ1) is 24.3. The molecule has 188 valence electrons. The van der Waals surface area contributed by atoms with Gasteiger partial charge in [0.05, 0.1) is 35.7 Å². The molecule has 4 heterocycles. The minimum absolute atomic E-state index is 0.120. The van der Waals surface area contributed by atoms with Crippen LogP contribution in [0.2, 0.25) is 0 Å². The number of rotatable bonds is 7. The summed E-state index contributed by atoms with van der Waals surface area (Å²) in [6, 6.07) is 5.68. The molecule has 0 fully saturated rings. The number of aliphatic hydroxyl groups is 1. The molecule has 0 aliphatic carbocycles. The Morgan fingerprint density at radius 3 is 2.75 bits per heavy atom. The van der Waals surface area contributed by atoms with Crippen molar-refractivity contribution in [2.75, 3.05) is 27.0 Å². The van der Waals surface area contributed by atoms with Gasteiger partial charge >= 0.3 is 0 Å². The molecule has 8 heteroatoms. The summed E-state index contributed by atoms with van der Waals surface area (Å²) in [5, 5.41) is 15.3. The summed E-state index contributed by atoms with van der Waals surface area (Å²) in [5.41, 5.74) is 3.51. The Morgan fingerprint density at radius 2 is 2.03 bits per heavy atom. The molecule has 2 N–H and O–H groups in total. The normalized spacial score (nSPS) is 14.8. The van der Waals surface area contributed by atoms with Crippen molar-refractivity contribution in [1.29, 1.82) is 0 Å². The zero-order valence-corrected chi connectivity index (χ0v) is 21.2. The zero-order valence-electron chi connectivity index (χ0n) is 21.2. The third-order valence-corrected chi connectivity index (χ3v) is 6.99. The predicted octanol–water partition coefficient (Wildman–Crippen LogP) is 3.27. The molecule has 0 bridgehead atoms. The van der Waals surface area contributed by atoms with Gasteiger partial charge in [0, 0.05) is 48.2 Å². The number of hydrogen-bond donors (Lipinski definition) is 2. The molecule has 2 aliphatic rings. The van der Waals surface area contributed by atoms with E-state index in [-0.39, 0.29) is 19.0 Å². The molecule has 5 rings (SSSR count). The summed E-state index contributed by atoms with van der Waals surface area (Å²) in [4.78, 5) is 18.6. The minimum atomic E-state index is -1.18. The van der Waals surface area contributed by atoms with E-state index in [1.165, 1.54) is 0 Å². The Hall–Kier alpha value is -3.38. The number of pyridine rings is 2. The molecule has 0 spiro atoms. The summed E-state index contributed by atoms with van der Waals surface area (Å²) in [6.45, 7) is 8.02. The van der Waals surface area contributed by atoms with E-state index in [4.69, 9.17) is 19.2 Å². The minimum Gasteiger partial charge on any atom is -0.454 e. The van der Waals surface area contributed by atoms with Crippen molar-refractivity contribution in [1.82, 2.24) is 14.9 Å². The van der Waals surface area contributed by atoms with Crippen molar-refractivity contribution >= 4 is 10.9 Å². The van der Waals surface area contributed by atoms with Crippen LogP contribution in [-0.2, 0) is 23.5 Å². The van der Waals surface area contributed by atoms with E-state index in [1.807, 2.05) is 25.1 Å². The second-order valence-corrected chi connectivity index (χ2v) is 9.32. The second-order valence-electron chi connectivity index (χ2n) is 9.32. The average molecular weight is 490 g/mol. The van der Waals surface area contributed by atoms with Crippen LogP contribution >= 0.6 is 0 Å². The number of ether oxygens (including phenoxy) is 3. The van der Waals surface area contributed by atoms with Gasteiger partial charge in [0.2, 0.25) is 6.79 Å². The van der Waals surface area contributed by atoms with Crippen LogP contribution in [0.25, 0.3) is 22.3 Å². The number of methoxy groups -OCH3 is 1. The summed E-state index contributed by atoms with van der Waals surface area (Å²) in [7, 11) is 1.55. The van der Waals surface area contributed by atoms with E-state index in [1.54, 1.807) is 18.6 Å². The van der Waals surface area contributed by atoms with Crippen LogP contribution in [0.15, 0.2) is 23.0 Å². The van der Waals surface area contributed by atoms with E-state index in [0.29, 0.717) is 53.4 Å². The molecular formula is C28H31N3O5. The maximum Gasteiger partial charge on any atom is 0.257 e. The largest absolute Gasteiger partial charge is 0.454 e. The molecule has 8 nitrogen and oxygen atoms in total. The standard InChI is InChI=1S/C28H31N3O5/c1-5-28(3,33)21-12-23-26-19(14-31(23)27(32)20(21)15-34-4)17(9-7-8-10-29-6-2)18-11-24-25(36-16-35-24)13-22(18)30-26/h11-13,29,33H,5-6,8,10,14-16H2,1-4H3/t28-/m0/s1. The summed E-state index contributed by atoms with van der Waals surface area (Å²) in [5.74, 6) is 7.96. The first-order valence-electron chi connectivity index (χ1n) is 12.3. The monoisotopic (exact) mass is 489 g/mol. The smallest absolute Gasteiger partial charge is 0.257 e. The molecule has 2 aromatic heterocycles. The van der Waals surface area contributed by atoms with Crippen LogP contribution in [0.1, 0.15) is 55.9 Å². The lowest BCUT2D eigenvalue weighted by atomic mass is 9.89. The molecule has 0 unspecified atom stereocenters. The van der Waals surface area contributed by atoms with Gasteiger partial charge in [-0.1, -0.05) is 25.7 Å². The van der Waals surface area contributed by atoms with Crippen LogP contribution in [0, 0.1) is 11.8 Å². The Labute approximate surface area is 210 Å². The van der Waals surface area contributed by atoms with Crippen LogP contribution in [-0.4, -0.2) is 41.6 Å². The van der Waals surface area contributed by atoms with Crippen LogP contribution < -0.4 is 20.3 Å². The molecule has 1 atom stereocenters. The van der Waals surface area contributed by atoms with Crippen molar-refractivity contribution in [3.63, 3.8) is 0 Å². The maximum absolute atomic E-state index is 13.7.